The molecule has 0 radical (unpaired) electrons. The van der Waals surface area contributed by atoms with E-state index in [-0.39, 0.29) is 30.7 Å². The highest BCUT2D eigenvalue weighted by Gasteiger charge is 2.32. The fourth-order valence-corrected chi connectivity index (χ4v) is 4.53. The number of carbonyl (C=O) groups excluding carboxylic acids is 2. The third kappa shape index (κ3) is 17.7. The lowest BCUT2D eigenvalue weighted by molar-refractivity contribution is -0.134. The minimum absolute atomic E-state index is 0.00829. The molecular formula is C34H57N3O10. The molecule has 1 aromatic rings. The lowest BCUT2D eigenvalue weighted by atomic mass is 9.80. The van der Waals surface area contributed by atoms with Crippen LogP contribution in [0, 0.1) is 29.1 Å². The Morgan fingerprint density at radius 3 is 2.00 bits per heavy atom. The van der Waals surface area contributed by atoms with Crippen molar-refractivity contribution in [3.63, 3.8) is 0 Å². The standard InChI is InChI=1S/C30H53N3O6.C4H4O4/c1-19(2)22(14-21-10-11-26(38-8)27(15-21)39-13-9-12-37-7)16-24(31)25(34)17-23(20(3)4)28(35)33-18-30(5,6)29(32)36;5-3(6)1-2-4(7)8/h10-11,15,19-20,22-25,34H,9,12-14,16-18,31H2,1-8H3,(H2,32,36)(H,33,35);1-2H,(H,5,6)(H,7,8)/b;2-1+/t22-,23-,24-,25?;/m0./s1. The van der Waals surface area contributed by atoms with Crippen molar-refractivity contribution in [2.75, 3.05) is 34.0 Å². The van der Waals surface area contributed by atoms with Crippen LogP contribution in [0.4, 0.5) is 0 Å². The molecule has 47 heavy (non-hydrogen) atoms. The van der Waals surface area contributed by atoms with E-state index in [4.69, 9.17) is 35.9 Å². The van der Waals surface area contributed by atoms with E-state index in [0.29, 0.717) is 49.2 Å². The Labute approximate surface area is 279 Å². The van der Waals surface area contributed by atoms with Crippen molar-refractivity contribution in [2.45, 2.75) is 79.4 Å². The van der Waals surface area contributed by atoms with Crippen LogP contribution in [0.5, 0.6) is 11.5 Å². The maximum Gasteiger partial charge on any atom is 0.328 e. The molecule has 13 nitrogen and oxygen atoms in total. The molecule has 0 aliphatic rings. The molecule has 0 saturated heterocycles. The summed E-state index contributed by atoms with van der Waals surface area (Å²) in [5, 5.41) is 29.5. The fraction of sp³-hybridized carbons (Fsp3) is 0.647. The van der Waals surface area contributed by atoms with Crippen molar-refractivity contribution in [1.29, 1.82) is 0 Å². The summed E-state index contributed by atoms with van der Waals surface area (Å²) in [6, 6.07) is 5.47. The first-order valence-corrected chi connectivity index (χ1v) is 15.8. The van der Waals surface area contributed by atoms with Crippen LogP contribution in [0.2, 0.25) is 0 Å². The minimum Gasteiger partial charge on any atom is -0.493 e. The highest BCUT2D eigenvalue weighted by molar-refractivity contribution is 5.89. The normalized spacial score (nSPS) is 14.1. The zero-order valence-electron chi connectivity index (χ0n) is 29.2. The van der Waals surface area contributed by atoms with Gasteiger partial charge in [0.15, 0.2) is 11.5 Å². The van der Waals surface area contributed by atoms with Gasteiger partial charge >= 0.3 is 11.9 Å². The van der Waals surface area contributed by atoms with Gasteiger partial charge in [-0.05, 0) is 68.6 Å². The molecule has 0 aliphatic carbocycles. The van der Waals surface area contributed by atoms with Gasteiger partial charge in [-0.2, -0.15) is 0 Å². The van der Waals surface area contributed by atoms with E-state index in [0.717, 1.165) is 18.4 Å². The van der Waals surface area contributed by atoms with Gasteiger partial charge in [0.25, 0.3) is 0 Å². The number of benzene rings is 1. The zero-order chi connectivity index (χ0) is 36.3. The number of aliphatic hydroxyl groups is 1. The summed E-state index contributed by atoms with van der Waals surface area (Å²) >= 11 is 0. The van der Waals surface area contributed by atoms with Gasteiger partial charge in [0.2, 0.25) is 11.8 Å². The second-order valence-electron chi connectivity index (χ2n) is 12.9. The number of hydrogen-bond acceptors (Lipinski definition) is 9. The number of aliphatic carboxylic acids is 2. The molecule has 2 amide bonds. The smallest absolute Gasteiger partial charge is 0.328 e. The number of ether oxygens (including phenoxy) is 3. The fourth-order valence-electron chi connectivity index (χ4n) is 4.53. The van der Waals surface area contributed by atoms with Crippen molar-refractivity contribution in [1.82, 2.24) is 5.32 Å². The van der Waals surface area contributed by atoms with Gasteiger partial charge < -0.3 is 46.3 Å². The number of nitrogens with two attached hydrogens (primary N) is 2. The first-order valence-electron chi connectivity index (χ1n) is 15.8. The van der Waals surface area contributed by atoms with Gasteiger partial charge in [-0.25, -0.2) is 9.59 Å². The number of aliphatic hydroxyl groups excluding tert-OH is 1. The number of methoxy groups -OCH3 is 2. The Morgan fingerprint density at radius 1 is 0.936 bits per heavy atom. The van der Waals surface area contributed by atoms with Crippen LogP contribution in [-0.4, -0.2) is 85.2 Å². The molecule has 0 saturated carbocycles. The highest BCUT2D eigenvalue weighted by Crippen LogP contribution is 2.32. The maximum absolute atomic E-state index is 12.9. The van der Waals surface area contributed by atoms with Crippen molar-refractivity contribution in [2.24, 2.45) is 40.6 Å². The molecule has 0 fully saturated rings. The Bertz CT molecular complexity index is 1140. The van der Waals surface area contributed by atoms with Crippen LogP contribution in [0.1, 0.15) is 66.4 Å². The number of amides is 2. The van der Waals surface area contributed by atoms with Crippen LogP contribution in [-0.2, 0) is 30.3 Å². The molecule has 8 N–H and O–H groups in total. The predicted octanol–water partition coefficient (Wildman–Crippen LogP) is 3.01. The Hall–Kier alpha value is -3.68. The van der Waals surface area contributed by atoms with Crippen molar-refractivity contribution in [3.05, 3.63) is 35.9 Å². The van der Waals surface area contributed by atoms with Gasteiger partial charge in [-0.3, -0.25) is 9.59 Å². The summed E-state index contributed by atoms with van der Waals surface area (Å²) in [5.41, 5.74) is 12.2. The quantitative estimate of drug-likeness (QED) is 0.0826. The number of carboxylic acids is 2. The summed E-state index contributed by atoms with van der Waals surface area (Å²) in [4.78, 5) is 43.7. The average Bonchev–Trinajstić information content (AvgIpc) is 2.99. The molecule has 0 heterocycles. The molecule has 0 aromatic heterocycles. The minimum atomic E-state index is -1.26. The molecular weight excluding hydrogens is 610 g/mol. The highest BCUT2D eigenvalue weighted by atomic mass is 16.5. The van der Waals surface area contributed by atoms with Gasteiger partial charge in [0, 0.05) is 50.8 Å². The Kier molecular flexibility index (Phi) is 20.3. The number of hydrogen-bond donors (Lipinski definition) is 6. The number of nitrogens with one attached hydrogen (secondary N) is 1. The van der Waals surface area contributed by atoms with Crippen molar-refractivity contribution >= 4 is 23.8 Å². The van der Waals surface area contributed by atoms with E-state index < -0.39 is 41.3 Å². The Balaban J connectivity index is 0.00000233. The van der Waals surface area contributed by atoms with Crippen LogP contribution < -0.4 is 26.3 Å². The SMILES string of the molecule is COCCCOc1cc(C[C@@H](C[C@H](N)C(O)C[C@H](C(=O)NCC(C)(C)C(N)=O)C(C)C)C(C)C)ccc1OC.O=C(O)/C=C/C(=O)O. The van der Waals surface area contributed by atoms with E-state index in [1.807, 2.05) is 32.0 Å². The predicted molar refractivity (Wildman–Crippen MR) is 179 cm³/mol. The van der Waals surface area contributed by atoms with Gasteiger partial charge in [0.1, 0.15) is 0 Å². The average molecular weight is 668 g/mol. The summed E-state index contributed by atoms with van der Waals surface area (Å²) in [7, 11) is 3.29. The van der Waals surface area contributed by atoms with Gasteiger partial charge in [0.05, 0.1) is 25.2 Å². The van der Waals surface area contributed by atoms with Crippen LogP contribution >= 0.6 is 0 Å². The molecule has 1 unspecified atom stereocenters. The number of primary amides is 1. The third-order valence-corrected chi connectivity index (χ3v) is 7.87. The van der Waals surface area contributed by atoms with Crippen LogP contribution in [0.3, 0.4) is 0 Å². The van der Waals surface area contributed by atoms with Crippen molar-refractivity contribution in [3.8, 4) is 11.5 Å². The molecule has 268 valence electrons. The van der Waals surface area contributed by atoms with Crippen LogP contribution in [0.25, 0.3) is 0 Å². The molecule has 1 rings (SSSR count). The van der Waals surface area contributed by atoms with Gasteiger partial charge in [-0.15, -0.1) is 0 Å². The lowest BCUT2D eigenvalue weighted by Crippen LogP contribution is -2.46. The number of carboxylic acid groups (broad SMARTS) is 2. The molecule has 13 heteroatoms. The first-order chi connectivity index (χ1) is 21.9. The Morgan fingerprint density at radius 2 is 1.53 bits per heavy atom. The van der Waals surface area contributed by atoms with E-state index in [1.165, 1.54) is 0 Å². The third-order valence-electron chi connectivity index (χ3n) is 7.87. The number of rotatable bonds is 21. The van der Waals surface area contributed by atoms with Gasteiger partial charge in [-0.1, -0.05) is 33.8 Å². The summed E-state index contributed by atoms with van der Waals surface area (Å²) in [5.74, 6) is -1.72. The monoisotopic (exact) mass is 667 g/mol. The number of carbonyl (C=O) groups is 4. The molecule has 0 bridgehead atoms. The maximum atomic E-state index is 12.9. The van der Waals surface area contributed by atoms with E-state index >= 15 is 0 Å². The second kappa shape index (κ2) is 22.0. The zero-order valence-corrected chi connectivity index (χ0v) is 29.2. The summed E-state index contributed by atoms with van der Waals surface area (Å²) in [6.07, 6.45) is 2.68. The summed E-state index contributed by atoms with van der Waals surface area (Å²) in [6.45, 7) is 12.9. The molecule has 4 atom stereocenters. The second-order valence-corrected chi connectivity index (χ2v) is 12.9. The topological polar surface area (TPSA) is 221 Å². The molecule has 0 spiro atoms. The van der Waals surface area contributed by atoms with Crippen LogP contribution in [0.15, 0.2) is 30.4 Å². The van der Waals surface area contributed by atoms with Crippen molar-refractivity contribution < 1.29 is 48.7 Å². The van der Waals surface area contributed by atoms with E-state index in [9.17, 15) is 24.3 Å². The largest absolute Gasteiger partial charge is 0.493 e. The van der Waals surface area contributed by atoms with E-state index in [1.54, 1.807) is 28.1 Å². The lowest BCUT2D eigenvalue weighted by Gasteiger charge is -2.30. The van der Waals surface area contributed by atoms with E-state index in [2.05, 4.69) is 19.2 Å². The summed E-state index contributed by atoms with van der Waals surface area (Å²) < 4.78 is 16.5. The molecule has 1 aromatic carbocycles. The first kappa shape index (κ1) is 43.3. The molecule has 0 aliphatic heterocycles.